The minimum atomic E-state index is -0.485. The van der Waals surface area contributed by atoms with Crippen LogP contribution >= 0.6 is 11.6 Å². The Morgan fingerprint density at radius 2 is 1.79 bits per heavy atom. The van der Waals surface area contributed by atoms with E-state index < -0.39 is 6.04 Å². The molecule has 0 unspecified atom stereocenters. The van der Waals surface area contributed by atoms with Crippen LogP contribution in [0.15, 0.2) is 24.3 Å². The fourth-order valence-electron chi connectivity index (χ4n) is 2.46. The Kier molecular flexibility index (Phi) is 9.46. The van der Waals surface area contributed by atoms with E-state index in [0.29, 0.717) is 24.5 Å². The lowest BCUT2D eigenvalue weighted by atomic mass is 10.1. The van der Waals surface area contributed by atoms with Crippen molar-refractivity contribution >= 4 is 23.4 Å². The molecule has 0 bridgehead atoms. The molecule has 0 aliphatic rings. The Labute approximate surface area is 150 Å². The fourth-order valence-corrected chi connectivity index (χ4v) is 2.59. The lowest BCUT2D eigenvalue weighted by Crippen LogP contribution is -2.47. The topological polar surface area (TPSA) is 49.4 Å². The molecule has 0 aromatic heterocycles. The number of carbonyl (C=O) groups excluding carboxylic acids is 2. The Bertz CT molecular complexity index is 517. The molecule has 1 aromatic carbocycles. The van der Waals surface area contributed by atoms with E-state index in [1.165, 1.54) is 0 Å². The summed E-state index contributed by atoms with van der Waals surface area (Å²) in [5, 5.41) is 3.59. The standard InChI is InChI=1S/C19H29ClN2O2/c1-4-6-7-13-21-19(24)15(3)22(18(23)8-5-2)14-16-9-11-17(20)12-10-16/h9-12,15H,4-8,13-14H2,1-3H3,(H,21,24)/t15-/m0/s1. The van der Waals surface area contributed by atoms with Gasteiger partial charge >= 0.3 is 0 Å². The van der Waals surface area contributed by atoms with Gasteiger partial charge in [-0.3, -0.25) is 9.59 Å². The van der Waals surface area contributed by atoms with Crippen molar-refractivity contribution in [3.63, 3.8) is 0 Å². The third kappa shape index (κ3) is 6.91. The molecule has 0 radical (unpaired) electrons. The van der Waals surface area contributed by atoms with E-state index in [1.807, 2.05) is 19.1 Å². The molecule has 1 N–H and O–H groups in total. The van der Waals surface area contributed by atoms with Crippen LogP contribution < -0.4 is 5.32 Å². The van der Waals surface area contributed by atoms with Crippen LogP contribution in [0.1, 0.15) is 58.4 Å². The van der Waals surface area contributed by atoms with Crippen LogP contribution in [0.25, 0.3) is 0 Å². The first-order valence-electron chi connectivity index (χ1n) is 8.81. The summed E-state index contributed by atoms with van der Waals surface area (Å²) < 4.78 is 0. The first-order valence-corrected chi connectivity index (χ1v) is 9.19. The molecule has 5 heteroatoms. The average molecular weight is 353 g/mol. The maximum Gasteiger partial charge on any atom is 0.242 e. The van der Waals surface area contributed by atoms with Crippen LogP contribution in [-0.2, 0) is 16.1 Å². The number of unbranched alkanes of at least 4 members (excludes halogenated alkanes) is 2. The molecule has 0 saturated carbocycles. The van der Waals surface area contributed by atoms with Crippen molar-refractivity contribution in [3.8, 4) is 0 Å². The van der Waals surface area contributed by atoms with Gasteiger partial charge in [-0.1, -0.05) is 50.4 Å². The number of carbonyl (C=O) groups is 2. The number of rotatable bonds is 10. The molecule has 134 valence electrons. The van der Waals surface area contributed by atoms with Crippen LogP contribution in [0.2, 0.25) is 5.02 Å². The van der Waals surface area contributed by atoms with Gasteiger partial charge in [-0.05, 0) is 37.5 Å². The van der Waals surface area contributed by atoms with Gasteiger partial charge in [0.05, 0.1) is 0 Å². The molecular formula is C19H29ClN2O2. The summed E-state index contributed by atoms with van der Waals surface area (Å²) in [5.74, 6) is -0.0897. The summed E-state index contributed by atoms with van der Waals surface area (Å²) in [6, 6.07) is 6.89. The maximum atomic E-state index is 12.5. The van der Waals surface area contributed by atoms with Crippen molar-refractivity contribution in [2.45, 2.75) is 65.5 Å². The highest BCUT2D eigenvalue weighted by Crippen LogP contribution is 2.15. The fraction of sp³-hybridized carbons (Fsp3) is 0.579. The number of nitrogens with zero attached hydrogens (tertiary/aromatic N) is 1. The van der Waals surface area contributed by atoms with Crippen LogP contribution in [0.5, 0.6) is 0 Å². The van der Waals surface area contributed by atoms with Gasteiger partial charge in [-0.2, -0.15) is 0 Å². The van der Waals surface area contributed by atoms with Gasteiger partial charge < -0.3 is 10.2 Å². The van der Waals surface area contributed by atoms with Crippen molar-refractivity contribution in [2.75, 3.05) is 6.54 Å². The van der Waals surface area contributed by atoms with Crippen molar-refractivity contribution in [3.05, 3.63) is 34.9 Å². The Morgan fingerprint density at radius 1 is 1.12 bits per heavy atom. The summed E-state index contributed by atoms with van der Waals surface area (Å²) >= 11 is 5.91. The van der Waals surface area contributed by atoms with Crippen LogP contribution in [-0.4, -0.2) is 29.3 Å². The van der Waals surface area contributed by atoms with Gasteiger partial charge in [0.15, 0.2) is 0 Å². The quantitative estimate of drug-likeness (QED) is 0.642. The molecule has 0 aliphatic carbocycles. The number of halogens is 1. The second-order valence-electron chi connectivity index (χ2n) is 6.07. The summed E-state index contributed by atoms with van der Waals surface area (Å²) in [7, 11) is 0. The van der Waals surface area contributed by atoms with E-state index in [-0.39, 0.29) is 11.8 Å². The molecule has 4 nitrogen and oxygen atoms in total. The molecule has 1 aromatic rings. The summed E-state index contributed by atoms with van der Waals surface area (Å²) in [4.78, 5) is 26.5. The molecule has 0 spiro atoms. The second kappa shape index (κ2) is 11.1. The molecule has 0 saturated heterocycles. The van der Waals surface area contributed by atoms with E-state index in [2.05, 4.69) is 12.2 Å². The Balaban J connectivity index is 2.74. The summed E-state index contributed by atoms with van der Waals surface area (Å²) in [6.07, 6.45) is 4.39. The minimum Gasteiger partial charge on any atom is -0.354 e. The molecule has 0 aliphatic heterocycles. The Morgan fingerprint density at radius 3 is 2.38 bits per heavy atom. The SMILES string of the molecule is CCCCCNC(=O)[C@H](C)N(Cc1ccc(Cl)cc1)C(=O)CCC. The minimum absolute atomic E-state index is 0.00339. The number of amides is 2. The third-order valence-corrected chi connectivity index (χ3v) is 4.23. The third-order valence-electron chi connectivity index (χ3n) is 3.98. The normalized spacial score (nSPS) is 11.8. The second-order valence-corrected chi connectivity index (χ2v) is 6.51. The first kappa shape index (κ1) is 20.5. The smallest absolute Gasteiger partial charge is 0.242 e. The zero-order chi connectivity index (χ0) is 17.9. The molecule has 0 fully saturated rings. The van der Waals surface area contributed by atoms with Crippen molar-refractivity contribution in [2.24, 2.45) is 0 Å². The van der Waals surface area contributed by atoms with Crippen molar-refractivity contribution in [1.29, 1.82) is 0 Å². The van der Waals surface area contributed by atoms with Gasteiger partial charge in [0.25, 0.3) is 0 Å². The molecule has 1 atom stereocenters. The molecule has 0 heterocycles. The van der Waals surface area contributed by atoms with E-state index in [9.17, 15) is 9.59 Å². The largest absolute Gasteiger partial charge is 0.354 e. The lowest BCUT2D eigenvalue weighted by molar-refractivity contribution is -0.140. The average Bonchev–Trinajstić information content (AvgIpc) is 2.57. The predicted molar refractivity (Wildman–Crippen MR) is 98.9 cm³/mol. The van der Waals surface area contributed by atoms with Crippen molar-refractivity contribution < 1.29 is 9.59 Å². The lowest BCUT2D eigenvalue weighted by Gasteiger charge is -2.28. The molecule has 2 amide bonds. The van der Waals surface area contributed by atoms with Gasteiger partial charge in [0, 0.05) is 24.5 Å². The van der Waals surface area contributed by atoms with E-state index >= 15 is 0 Å². The highest BCUT2D eigenvalue weighted by Gasteiger charge is 2.25. The van der Waals surface area contributed by atoms with Gasteiger partial charge in [-0.15, -0.1) is 0 Å². The van der Waals surface area contributed by atoms with Gasteiger partial charge in [0.2, 0.25) is 11.8 Å². The van der Waals surface area contributed by atoms with Gasteiger partial charge in [-0.25, -0.2) is 0 Å². The maximum absolute atomic E-state index is 12.5. The van der Waals surface area contributed by atoms with E-state index in [1.54, 1.807) is 24.0 Å². The molecule has 1 rings (SSSR count). The van der Waals surface area contributed by atoms with Crippen LogP contribution in [0.3, 0.4) is 0 Å². The predicted octanol–water partition coefficient (Wildman–Crippen LogP) is 4.16. The number of hydrogen-bond donors (Lipinski definition) is 1. The number of nitrogens with one attached hydrogen (secondary N) is 1. The Hall–Kier alpha value is -1.55. The monoisotopic (exact) mass is 352 g/mol. The summed E-state index contributed by atoms with van der Waals surface area (Å²) in [6.45, 7) is 6.96. The first-order chi connectivity index (χ1) is 11.5. The zero-order valence-corrected chi connectivity index (χ0v) is 15.7. The van der Waals surface area contributed by atoms with E-state index in [4.69, 9.17) is 11.6 Å². The molecule has 24 heavy (non-hydrogen) atoms. The molecular weight excluding hydrogens is 324 g/mol. The van der Waals surface area contributed by atoms with Crippen LogP contribution in [0, 0.1) is 0 Å². The van der Waals surface area contributed by atoms with Crippen molar-refractivity contribution in [1.82, 2.24) is 10.2 Å². The highest BCUT2D eigenvalue weighted by atomic mass is 35.5. The van der Waals surface area contributed by atoms with Crippen LogP contribution in [0.4, 0.5) is 0 Å². The van der Waals surface area contributed by atoms with Gasteiger partial charge in [0.1, 0.15) is 6.04 Å². The highest BCUT2D eigenvalue weighted by molar-refractivity contribution is 6.30. The van der Waals surface area contributed by atoms with E-state index in [0.717, 1.165) is 31.2 Å². The summed E-state index contributed by atoms with van der Waals surface area (Å²) in [5.41, 5.74) is 0.967. The number of hydrogen-bond acceptors (Lipinski definition) is 2. The number of benzene rings is 1. The zero-order valence-electron chi connectivity index (χ0n) is 15.0.